The zero-order valence-corrected chi connectivity index (χ0v) is 13.4. The lowest BCUT2D eigenvalue weighted by molar-refractivity contribution is -0.116. The van der Waals surface area contributed by atoms with Gasteiger partial charge in [0.1, 0.15) is 11.3 Å². The molecule has 0 saturated carbocycles. The van der Waals surface area contributed by atoms with Crippen molar-refractivity contribution in [1.82, 2.24) is 20.2 Å². The van der Waals surface area contributed by atoms with Crippen molar-refractivity contribution >= 4 is 17.2 Å². The number of carbonyl (C=O) groups excluding carboxylic acids is 1. The second-order valence-corrected chi connectivity index (χ2v) is 6.86. The first-order valence-electron chi connectivity index (χ1n) is 7.48. The lowest BCUT2D eigenvalue weighted by Crippen LogP contribution is -2.60. The molecule has 3 heterocycles. The second-order valence-electron chi connectivity index (χ2n) is 5.83. The van der Waals surface area contributed by atoms with Crippen molar-refractivity contribution in [1.29, 1.82) is 0 Å². The van der Waals surface area contributed by atoms with E-state index in [1.54, 1.807) is 11.3 Å². The lowest BCUT2D eigenvalue weighted by Gasteiger charge is -2.42. The van der Waals surface area contributed by atoms with E-state index in [9.17, 15) is 15.0 Å². The van der Waals surface area contributed by atoms with Crippen molar-refractivity contribution in [3.63, 3.8) is 0 Å². The van der Waals surface area contributed by atoms with Crippen LogP contribution in [0, 0.1) is 0 Å². The summed E-state index contributed by atoms with van der Waals surface area (Å²) < 4.78 is 0. The second kappa shape index (κ2) is 6.79. The monoisotopic (exact) mass is 336 g/mol. The summed E-state index contributed by atoms with van der Waals surface area (Å²) in [7, 11) is 0. The molecular weight excluding hydrogens is 316 g/mol. The maximum atomic E-state index is 11.9. The average Bonchev–Trinajstić information content (AvgIpc) is 3.22. The number of nitrogens with one attached hydrogen (secondary N) is 2. The Morgan fingerprint density at radius 1 is 1.61 bits per heavy atom. The minimum Gasteiger partial charge on any atom is -0.389 e. The Hall–Kier alpha value is -1.74. The highest BCUT2D eigenvalue weighted by atomic mass is 32.1. The fourth-order valence-corrected chi connectivity index (χ4v) is 3.45. The van der Waals surface area contributed by atoms with Gasteiger partial charge < -0.3 is 20.5 Å². The summed E-state index contributed by atoms with van der Waals surface area (Å²) in [6, 6.07) is 4.06. The molecule has 1 amide bonds. The molecule has 23 heavy (non-hydrogen) atoms. The van der Waals surface area contributed by atoms with E-state index in [0.29, 0.717) is 25.2 Å². The van der Waals surface area contributed by atoms with E-state index in [2.05, 4.69) is 26.3 Å². The van der Waals surface area contributed by atoms with E-state index in [4.69, 9.17) is 0 Å². The molecule has 4 N–H and O–H groups in total. The smallest absolute Gasteiger partial charge is 0.269 e. The number of rotatable bonds is 5. The van der Waals surface area contributed by atoms with Gasteiger partial charge in [0.2, 0.25) is 0 Å². The van der Waals surface area contributed by atoms with Gasteiger partial charge in [-0.3, -0.25) is 9.69 Å². The molecule has 1 aliphatic heterocycles. The molecule has 1 aliphatic rings. The van der Waals surface area contributed by atoms with Crippen LogP contribution in [0.15, 0.2) is 30.0 Å². The third-order valence-corrected chi connectivity index (χ3v) is 5.03. The van der Waals surface area contributed by atoms with E-state index in [-0.39, 0.29) is 12.5 Å². The molecule has 0 unspecified atom stereocenters. The van der Waals surface area contributed by atoms with Gasteiger partial charge in [0.25, 0.3) is 5.91 Å². The van der Waals surface area contributed by atoms with Crippen LogP contribution < -0.4 is 5.32 Å². The van der Waals surface area contributed by atoms with Crippen LogP contribution in [0.4, 0.5) is 0 Å². The third kappa shape index (κ3) is 3.78. The van der Waals surface area contributed by atoms with Crippen LogP contribution in [0.25, 0.3) is 0 Å². The Balaban J connectivity index is 1.53. The highest BCUT2D eigenvalue weighted by Gasteiger charge is 2.40. The highest BCUT2D eigenvalue weighted by Crippen LogP contribution is 2.24. The van der Waals surface area contributed by atoms with Crippen LogP contribution in [0.3, 0.4) is 0 Å². The number of piperidine rings is 1. The van der Waals surface area contributed by atoms with Crippen molar-refractivity contribution < 1.29 is 15.0 Å². The standard InChI is InChI=1S/C15H20N4O3S/c20-13-8-19(7-11-2-1-5-23-11)4-3-15(13,22)9-17-14(21)12-6-16-10-18-12/h1-2,5-6,10,13,20,22H,3-4,7-9H2,(H,16,18)(H,17,21)/t13-,15-/m1/s1. The molecule has 124 valence electrons. The zero-order chi connectivity index (χ0) is 16.3. The molecule has 1 fully saturated rings. The van der Waals surface area contributed by atoms with Crippen molar-refractivity contribution in [3.8, 4) is 0 Å². The van der Waals surface area contributed by atoms with Crippen molar-refractivity contribution in [2.24, 2.45) is 0 Å². The number of hydrogen-bond donors (Lipinski definition) is 4. The van der Waals surface area contributed by atoms with E-state index in [1.807, 2.05) is 11.4 Å². The lowest BCUT2D eigenvalue weighted by atomic mass is 9.88. The van der Waals surface area contributed by atoms with Gasteiger partial charge in [-0.2, -0.15) is 0 Å². The number of aliphatic hydroxyl groups is 2. The first-order chi connectivity index (χ1) is 11.1. The maximum Gasteiger partial charge on any atom is 0.269 e. The van der Waals surface area contributed by atoms with E-state index in [0.717, 1.165) is 6.54 Å². The molecule has 0 spiro atoms. The van der Waals surface area contributed by atoms with E-state index >= 15 is 0 Å². The number of nitrogens with zero attached hydrogens (tertiary/aromatic N) is 2. The summed E-state index contributed by atoms with van der Waals surface area (Å²) in [6.07, 6.45) is 2.34. The van der Waals surface area contributed by atoms with Crippen LogP contribution in [0.2, 0.25) is 0 Å². The molecule has 2 atom stereocenters. The molecular formula is C15H20N4O3S. The number of aromatic amines is 1. The average molecular weight is 336 g/mol. The fourth-order valence-electron chi connectivity index (χ4n) is 2.71. The number of H-pyrrole nitrogens is 1. The summed E-state index contributed by atoms with van der Waals surface area (Å²) >= 11 is 1.68. The number of hydrogen-bond acceptors (Lipinski definition) is 6. The maximum absolute atomic E-state index is 11.9. The van der Waals surface area contributed by atoms with Crippen LogP contribution in [-0.2, 0) is 6.54 Å². The predicted molar refractivity (Wildman–Crippen MR) is 86.1 cm³/mol. The highest BCUT2D eigenvalue weighted by molar-refractivity contribution is 7.09. The molecule has 8 heteroatoms. The topological polar surface area (TPSA) is 101 Å². The minimum atomic E-state index is -1.30. The zero-order valence-electron chi connectivity index (χ0n) is 12.6. The summed E-state index contributed by atoms with van der Waals surface area (Å²) in [5.74, 6) is -0.343. The Morgan fingerprint density at radius 3 is 3.13 bits per heavy atom. The number of aliphatic hydroxyl groups excluding tert-OH is 1. The molecule has 3 rings (SSSR count). The number of thiophene rings is 1. The first kappa shape index (κ1) is 16.1. The third-order valence-electron chi connectivity index (χ3n) is 4.17. The van der Waals surface area contributed by atoms with Gasteiger partial charge in [-0.1, -0.05) is 6.07 Å². The van der Waals surface area contributed by atoms with E-state index in [1.165, 1.54) is 17.4 Å². The number of carbonyl (C=O) groups is 1. The Labute approximate surface area is 138 Å². The van der Waals surface area contributed by atoms with Gasteiger partial charge in [0, 0.05) is 31.1 Å². The predicted octanol–water partition coefficient (Wildman–Crippen LogP) is 0.199. The van der Waals surface area contributed by atoms with Gasteiger partial charge in [0.15, 0.2) is 0 Å². The van der Waals surface area contributed by atoms with Gasteiger partial charge in [-0.15, -0.1) is 11.3 Å². The first-order valence-corrected chi connectivity index (χ1v) is 8.36. The van der Waals surface area contributed by atoms with Crippen molar-refractivity contribution in [2.45, 2.75) is 24.7 Å². The molecule has 0 radical (unpaired) electrons. The van der Waals surface area contributed by atoms with Gasteiger partial charge in [0.05, 0.1) is 18.6 Å². The minimum absolute atomic E-state index is 0.0128. The molecule has 7 nitrogen and oxygen atoms in total. The summed E-state index contributed by atoms with van der Waals surface area (Å²) in [5.41, 5.74) is -0.972. The number of β-amino-alcohol motifs (C(OH)–C–C–N with tert-alkyl or cyclic N) is 1. The molecule has 2 aromatic heterocycles. The number of imidazole rings is 1. The van der Waals surface area contributed by atoms with Crippen LogP contribution >= 0.6 is 11.3 Å². The Morgan fingerprint density at radius 2 is 2.48 bits per heavy atom. The number of likely N-dealkylation sites (tertiary alicyclic amines) is 1. The summed E-state index contributed by atoms with van der Waals surface area (Å²) in [6.45, 7) is 1.84. The summed E-state index contributed by atoms with van der Waals surface area (Å²) in [5, 5.41) is 25.6. The van der Waals surface area contributed by atoms with Gasteiger partial charge in [-0.25, -0.2) is 4.98 Å². The van der Waals surface area contributed by atoms with Gasteiger partial charge in [-0.05, 0) is 17.9 Å². The molecule has 0 aliphatic carbocycles. The normalized spacial score (nSPS) is 25.4. The van der Waals surface area contributed by atoms with Crippen molar-refractivity contribution in [3.05, 3.63) is 40.6 Å². The number of aromatic nitrogens is 2. The SMILES string of the molecule is O=C(NC[C@]1(O)CCN(Cc2cccs2)C[C@H]1O)c1cnc[nH]1. The summed E-state index contributed by atoms with van der Waals surface area (Å²) in [4.78, 5) is 21.7. The molecule has 0 aromatic carbocycles. The fraction of sp³-hybridized carbons (Fsp3) is 0.467. The largest absolute Gasteiger partial charge is 0.389 e. The van der Waals surface area contributed by atoms with E-state index < -0.39 is 11.7 Å². The molecule has 0 bridgehead atoms. The Kier molecular flexibility index (Phi) is 4.76. The van der Waals surface area contributed by atoms with Gasteiger partial charge >= 0.3 is 0 Å². The van der Waals surface area contributed by atoms with Crippen LogP contribution in [-0.4, -0.2) is 62.3 Å². The van der Waals surface area contributed by atoms with Crippen LogP contribution in [0.1, 0.15) is 21.8 Å². The Bertz CT molecular complexity index is 631. The van der Waals surface area contributed by atoms with Crippen LogP contribution in [0.5, 0.6) is 0 Å². The van der Waals surface area contributed by atoms with Crippen molar-refractivity contribution in [2.75, 3.05) is 19.6 Å². The molecule has 1 saturated heterocycles. The quantitative estimate of drug-likeness (QED) is 0.625. The molecule has 2 aromatic rings. The number of amides is 1.